The molecule has 0 aromatic carbocycles. The van der Waals surface area contributed by atoms with Gasteiger partial charge in [-0.2, -0.15) is 0 Å². The third kappa shape index (κ3) is 4.01. The Bertz CT molecular complexity index is 402. The Hall–Kier alpha value is 0.401. The first-order chi connectivity index (χ1) is 6.86. The van der Waals surface area contributed by atoms with E-state index in [9.17, 15) is 17.7 Å². The number of rotatable bonds is 2. The molecule has 0 N–H and O–H groups in total. The number of pyridine rings is 1. The van der Waals surface area contributed by atoms with Crippen LogP contribution in [0.25, 0.3) is 0 Å². The van der Waals surface area contributed by atoms with Crippen LogP contribution in [0.1, 0.15) is 10.5 Å². The van der Waals surface area contributed by atoms with Crippen LogP contribution < -0.4 is 56.8 Å². The first-order valence-corrected chi connectivity index (χ1v) is 4.18. The van der Waals surface area contributed by atoms with E-state index in [0.29, 0.717) is 6.07 Å². The SMILES string of the molecule is COC(=O)c1nc(Cl)ccc1[B-](F)(F)F.[K+]. The first-order valence-electron chi connectivity index (χ1n) is 3.81. The number of hydrogen-bond acceptors (Lipinski definition) is 3. The third-order valence-electron chi connectivity index (χ3n) is 1.62. The fraction of sp³-hybridized carbons (Fsp3) is 0.143. The molecule has 0 spiro atoms. The smallest absolute Gasteiger partial charge is 0.464 e. The van der Waals surface area contributed by atoms with Crippen LogP contribution in [0, 0.1) is 0 Å². The Labute approximate surface area is 137 Å². The maximum atomic E-state index is 12.4. The molecule has 0 unspecified atom stereocenters. The van der Waals surface area contributed by atoms with E-state index in [2.05, 4.69) is 9.72 Å². The summed E-state index contributed by atoms with van der Waals surface area (Å²) in [6.45, 7) is -5.31. The number of esters is 1. The zero-order valence-corrected chi connectivity index (χ0v) is 12.4. The van der Waals surface area contributed by atoms with Gasteiger partial charge in [-0.25, -0.2) is 9.78 Å². The summed E-state index contributed by atoms with van der Waals surface area (Å²) in [4.78, 5) is 14.3. The summed E-state index contributed by atoms with van der Waals surface area (Å²) in [6.07, 6.45) is 0. The van der Waals surface area contributed by atoms with Crippen LogP contribution >= 0.6 is 11.6 Å². The predicted octanol–water partition coefficient (Wildman–Crippen LogP) is -1.42. The van der Waals surface area contributed by atoms with Crippen LogP contribution in [0.3, 0.4) is 0 Å². The Balaban J connectivity index is 0.00000225. The Morgan fingerprint density at radius 1 is 1.44 bits per heavy atom. The Morgan fingerprint density at radius 2 is 2.00 bits per heavy atom. The summed E-state index contributed by atoms with van der Waals surface area (Å²) in [6, 6.07) is 1.68. The quantitative estimate of drug-likeness (QED) is 0.378. The molecule has 0 fully saturated rings. The third-order valence-corrected chi connectivity index (χ3v) is 1.83. The number of hydrogen-bond donors (Lipinski definition) is 0. The molecule has 3 nitrogen and oxygen atoms in total. The van der Waals surface area contributed by atoms with E-state index < -0.39 is 24.1 Å². The fourth-order valence-electron chi connectivity index (χ4n) is 0.970. The summed E-state index contributed by atoms with van der Waals surface area (Å²) in [5.74, 6) is -1.16. The van der Waals surface area contributed by atoms with Crippen LogP contribution in [0.5, 0.6) is 0 Å². The summed E-state index contributed by atoms with van der Waals surface area (Å²) >= 11 is 5.39. The van der Waals surface area contributed by atoms with E-state index >= 15 is 0 Å². The molecule has 0 radical (unpaired) electrons. The second-order valence-electron chi connectivity index (χ2n) is 2.64. The van der Waals surface area contributed by atoms with Crippen molar-refractivity contribution in [2.24, 2.45) is 0 Å². The average Bonchev–Trinajstić information content (AvgIpc) is 2.14. The maximum absolute atomic E-state index is 12.4. The average molecular weight is 277 g/mol. The second-order valence-corrected chi connectivity index (χ2v) is 3.03. The van der Waals surface area contributed by atoms with Gasteiger partial charge in [-0.15, -0.1) is 0 Å². The van der Waals surface area contributed by atoms with E-state index in [1.54, 1.807) is 0 Å². The molecular formula is C7H5BClF3KNO2. The zero-order valence-electron chi connectivity index (χ0n) is 8.51. The standard InChI is InChI=1S/C7H5BClF3NO2.K/c1-15-7(14)6-4(8(10,11)12)2-3-5(9)13-6;/h2-3H,1H3;/q-1;+1. The van der Waals surface area contributed by atoms with Crippen molar-refractivity contribution in [2.75, 3.05) is 7.11 Å². The van der Waals surface area contributed by atoms with Gasteiger partial charge >= 0.3 is 64.3 Å². The molecule has 0 atom stereocenters. The van der Waals surface area contributed by atoms with Crippen molar-refractivity contribution in [2.45, 2.75) is 0 Å². The molecule has 1 heterocycles. The number of carbonyl (C=O) groups excluding carboxylic acids is 1. The molecule has 0 saturated heterocycles. The minimum Gasteiger partial charge on any atom is -0.464 e. The van der Waals surface area contributed by atoms with Crippen LogP contribution in [-0.4, -0.2) is 25.0 Å². The molecular weight excluding hydrogens is 272 g/mol. The minimum atomic E-state index is -5.31. The number of ether oxygens (including phenoxy) is 1. The van der Waals surface area contributed by atoms with Gasteiger partial charge in [-0.3, -0.25) is 0 Å². The largest absolute Gasteiger partial charge is 1.00 e. The molecule has 1 aromatic heterocycles. The second kappa shape index (κ2) is 6.37. The van der Waals surface area contributed by atoms with Crippen LogP contribution in [0.2, 0.25) is 5.15 Å². The van der Waals surface area contributed by atoms with Crippen molar-refractivity contribution in [3.63, 3.8) is 0 Å². The molecule has 0 aliphatic carbocycles. The minimum absolute atomic E-state index is 0. The summed E-state index contributed by atoms with van der Waals surface area (Å²) in [5.41, 5.74) is -1.91. The van der Waals surface area contributed by atoms with Crippen molar-refractivity contribution >= 4 is 30.0 Å². The molecule has 1 rings (SSSR count). The van der Waals surface area contributed by atoms with Crippen LogP contribution in [0.4, 0.5) is 12.9 Å². The first kappa shape index (κ1) is 16.4. The number of methoxy groups -OCH3 is 1. The monoisotopic (exact) mass is 277 g/mol. The van der Waals surface area contributed by atoms with Gasteiger partial charge in [0.05, 0.1) is 7.11 Å². The van der Waals surface area contributed by atoms with Gasteiger partial charge in [0.15, 0.2) is 0 Å². The number of aromatic nitrogens is 1. The molecule has 9 heteroatoms. The van der Waals surface area contributed by atoms with Gasteiger partial charge in [0, 0.05) is 0 Å². The van der Waals surface area contributed by atoms with E-state index in [4.69, 9.17) is 11.6 Å². The van der Waals surface area contributed by atoms with Gasteiger partial charge in [0.25, 0.3) is 0 Å². The Kier molecular flexibility index (Phi) is 6.52. The van der Waals surface area contributed by atoms with Gasteiger partial charge < -0.3 is 17.7 Å². The van der Waals surface area contributed by atoms with Crippen molar-refractivity contribution in [3.8, 4) is 0 Å². The van der Waals surface area contributed by atoms with Crippen LogP contribution in [-0.2, 0) is 4.74 Å². The van der Waals surface area contributed by atoms with E-state index in [0.717, 1.165) is 13.2 Å². The summed E-state index contributed by atoms with van der Waals surface area (Å²) < 4.78 is 41.5. The summed E-state index contributed by atoms with van der Waals surface area (Å²) in [7, 11) is 0.970. The Morgan fingerprint density at radius 3 is 2.44 bits per heavy atom. The molecule has 0 aliphatic heterocycles. The van der Waals surface area contributed by atoms with Crippen LogP contribution in [0.15, 0.2) is 12.1 Å². The predicted molar refractivity (Wildman–Crippen MR) is 49.3 cm³/mol. The molecule has 0 amide bonds. The normalized spacial score (nSPS) is 10.6. The van der Waals surface area contributed by atoms with Gasteiger partial charge in [-0.05, 0) is 6.07 Å². The van der Waals surface area contributed by atoms with Crippen molar-refractivity contribution in [1.29, 1.82) is 0 Å². The van der Waals surface area contributed by atoms with Crippen molar-refractivity contribution in [1.82, 2.24) is 4.98 Å². The van der Waals surface area contributed by atoms with Crippen molar-refractivity contribution < 1.29 is 73.9 Å². The van der Waals surface area contributed by atoms with E-state index in [1.165, 1.54) is 0 Å². The molecule has 1 aromatic rings. The van der Waals surface area contributed by atoms with Gasteiger partial charge in [-0.1, -0.05) is 23.1 Å². The van der Waals surface area contributed by atoms with Gasteiger partial charge in [0.2, 0.25) is 0 Å². The van der Waals surface area contributed by atoms with E-state index in [1.807, 2.05) is 0 Å². The molecule has 0 bridgehead atoms. The number of nitrogens with zero attached hydrogens (tertiary/aromatic N) is 1. The number of carbonyl (C=O) groups is 1. The van der Waals surface area contributed by atoms with E-state index in [-0.39, 0.29) is 56.5 Å². The van der Waals surface area contributed by atoms with Gasteiger partial charge in [0.1, 0.15) is 10.8 Å². The molecule has 82 valence electrons. The number of halogens is 4. The zero-order chi connectivity index (χ0) is 11.6. The topological polar surface area (TPSA) is 39.2 Å². The fourth-order valence-corrected chi connectivity index (χ4v) is 1.12. The molecule has 16 heavy (non-hydrogen) atoms. The molecule has 0 saturated carbocycles. The maximum Gasteiger partial charge on any atom is 1.00 e. The molecule has 0 aliphatic rings. The van der Waals surface area contributed by atoms with Crippen molar-refractivity contribution in [3.05, 3.63) is 23.0 Å². The summed E-state index contributed by atoms with van der Waals surface area (Å²) in [5, 5.41) is -0.195.